The quantitative estimate of drug-likeness (QED) is 0.621. The highest BCUT2D eigenvalue weighted by Crippen LogP contribution is 2.47. The average Bonchev–Trinajstić information content (AvgIpc) is 2.88. The molecule has 3 N–H and O–H groups in total. The third-order valence-electron chi connectivity index (χ3n) is 6.00. The second-order valence-electron chi connectivity index (χ2n) is 7.45. The van der Waals surface area contributed by atoms with E-state index in [1.807, 2.05) is 0 Å². The van der Waals surface area contributed by atoms with E-state index in [1.54, 1.807) is 0 Å². The highest BCUT2D eigenvalue weighted by Gasteiger charge is 2.46. The monoisotopic (exact) mass is 298 g/mol. The number of hydrazine groups is 1. The van der Waals surface area contributed by atoms with Crippen molar-refractivity contribution in [3.63, 3.8) is 0 Å². The Bertz CT molecular complexity index is 324. The fourth-order valence-corrected chi connectivity index (χ4v) is 6.17. The van der Waals surface area contributed by atoms with Gasteiger partial charge < -0.3 is 4.74 Å². The van der Waals surface area contributed by atoms with Gasteiger partial charge in [-0.25, -0.2) is 0 Å². The molecule has 0 radical (unpaired) electrons. The molecule has 3 rings (SSSR count). The lowest BCUT2D eigenvalue weighted by atomic mass is 9.64. The zero-order valence-corrected chi connectivity index (χ0v) is 13.6. The smallest absolute Gasteiger partial charge is 0.0783 e. The molecule has 20 heavy (non-hydrogen) atoms. The minimum absolute atomic E-state index is 0.174. The number of hydrogen-bond acceptors (Lipinski definition) is 4. The van der Waals surface area contributed by atoms with Crippen LogP contribution in [0.5, 0.6) is 0 Å². The van der Waals surface area contributed by atoms with Crippen molar-refractivity contribution in [2.75, 3.05) is 18.1 Å². The minimum atomic E-state index is 0.174. The van der Waals surface area contributed by atoms with Crippen LogP contribution in [0.2, 0.25) is 0 Å². The molecule has 3 fully saturated rings. The van der Waals surface area contributed by atoms with E-state index < -0.39 is 0 Å². The molecular weight excluding hydrogens is 268 g/mol. The molecule has 1 saturated carbocycles. The first-order chi connectivity index (χ1) is 9.68. The van der Waals surface area contributed by atoms with Crippen LogP contribution in [-0.2, 0) is 4.74 Å². The Morgan fingerprint density at radius 1 is 1.25 bits per heavy atom. The van der Waals surface area contributed by atoms with Crippen LogP contribution in [0.3, 0.4) is 0 Å². The molecule has 0 aromatic heterocycles. The second kappa shape index (κ2) is 6.15. The van der Waals surface area contributed by atoms with Crippen molar-refractivity contribution in [2.24, 2.45) is 17.2 Å². The van der Waals surface area contributed by atoms with E-state index in [1.165, 1.54) is 62.9 Å². The maximum absolute atomic E-state index is 6.18. The number of ether oxygens (including phenoxy) is 1. The molecule has 3 aliphatic rings. The Morgan fingerprint density at radius 2 is 2.05 bits per heavy atom. The summed E-state index contributed by atoms with van der Waals surface area (Å²) in [6, 6.07) is 0.467. The third kappa shape index (κ3) is 2.90. The molecule has 4 heteroatoms. The Morgan fingerprint density at radius 3 is 2.70 bits per heavy atom. The maximum atomic E-state index is 6.18. The Labute approximate surface area is 127 Å². The maximum Gasteiger partial charge on any atom is 0.0783 e. The van der Waals surface area contributed by atoms with Crippen molar-refractivity contribution in [1.82, 2.24) is 5.43 Å². The van der Waals surface area contributed by atoms with Gasteiger partial charge in [-0.2, -0.15) is 11.8 Å². The summed E-state index contributed by atoms with van der Waals surface area (Å²) in [5.41, 5.74) is 3.79. The Hall–Kier alpha value is 0.230. The van der Waals surface area contributed by atoms with Crippen LogP contribution < -0.4 is 11.3 Å². The van der Waals surface area contributed by atoms with Gasteiger partial charge >= 0.3 is 0 Å². The van der Waals surface area contributed by atoms with Crippen LogP contribution in [0.4, 0.5) is 0 Å². The van der Waals surface area contributed by atoms with Crippen molar-refractivity contribution in [3.05, 3.63) is 0 Å². The topological polar surface area (TPSA) is 47.3 Å². The van der Waals surface area contributed by atoms with Gasteiger partial charge in [0.2, 0.25) is 0 Å². The van der Waals surface area contributed by atoms with Crippen LogP contribution in [0.25, 0.3) is 0 Å². The molecule has 3 unspecified atom stereocenters. The number of nitrogens with one attached hydrogen (secondary N) is 1. The van der Waals surface area contributed by atoms with Gasteiger partial charge in [-0.1, -0.05) is 26.2 Å². The second-order valence-corrected chi connectivity index (χ2v) is 8.55. The first kappa shape index (κ1) is 15.1. The largest absolute Gasteiger partial charge is 0.374 e. The van der Waals surface area contributed by atoms with E-state index >= 15 is 0 Å². The van der Waals surface area contributed by atoms with Gasteiger partial charge in [-0.05, 0) is 49.2 Å². The Kier molecular flexibility index (Phi) is 4.66. The summed E-state index contributed by atoms with van der Waals surface area (Å²) in [5, 5.41) is 0. The zero-order chi connectivity index (χ0) is 14.1. The first-order valence-electron chi connectivity index (χ1n) is 8.35. The third-order valence-corrected chi connectivity index (χ3v) is 7.22. The minimum Gasteiger partial charge on any atom is -0.374 e. The molecule has 1 spiro atoms. The van der Waals surface area contributed by atoms with Gasteiger partial charge in [0, 0.05) is 18.4 Å². The van der Waals surface area contributed by atoms with Crippen LogP contribution in [-0.4, -0.2) is 29.8 Å². The molecule has 0 bridgehead atoms. The predicted molar refractivity (Wildman–Crippen MR) is 85.7 cm³/mol. The molecule has 3 nitrogen and oxygen atoms in total. The first-order valence-corrected chi connectivity index (χ1v) is 9.51. The molecule has 0 aromatic rings. The fraction of sp³-hybridized carbons (Fsp3) is 1.00. The molecular formula is C16H30N2OS. The molecule has 0 amide bonds. The van der Waals surface area contributed by atoms with Gasteiger partial charge in [0.05, 0.1) is 5.60 Å². The average molecular weight is 298 g/mol. The molecule has 1 aliphatic carbocycles. The fourth-order valence-electron chi connectivity index (χ4n) is 4.79. The van der Waals surface area contributed by atoms with E-state index in [0.29, 0.717) is 17.4 Å². The van der Waals surface area contributed by atoms with Gasteiger partial charge in [0.1, 0.15) is 0 Å². The summed E-state index contributed by atoms with van der Waals surface area (Å²) in [5.74, 6) is 9.16. The highest BCUT2D eigenvalue weighted by atomic mass is 32.2. The van der Waals surface area contributed by atoms with E-state index in [4.69, 9.17) is 10.6 Å². The lowest BCUT2D eigenvalue weighted by Gasteiger charge is -2.48. The molecule has 2 saturated heterocycles. The lowest BCUT2D eigenvalue weighted by molar-refractivity contribution is -0.0953. The van der Waals surface area contributed by atoms with Crippen LogP contribution >= 0.6 is 11.8 Å². The summed E-state index contributed by atoms with van der Waals surface area (Å²) in [4.78, 5) is 0. The van der Waals surface area contributed by atoms with Gasteiger partial charge in [0.15, 0.2) is 0 Å². The van der Waals surface area contributed by atoms with Gasteiger partial charge in [0.25, 0.3) is 0 Å². The number of rotatable bonds is 3. The molecule has 0 aromatic carbocycles. The van der Waals surface area contributed by atoms with Gasteiger partial charge in [-0.15, -0.1) is 0 Å². The van der Waals surface area contributed by atoms with E-state index in [-0.39, 0.29) is 5.60 Å². The summed E-state index contributed by atoms with van der Waals surface area (Å²) >= 11 is 2.06. The van der Waals surface area contributed by atoms with E-state index in [0.717, 1.165) is 6.61 Å². The Balaban J connectivity index is 1.71. The summed E-state index contributed by atoms with van der Waals surface area (Å²) in [6.07, 6.45) is 10.4. The van der Waals surface area contributed by atoms with Crippen LogP contribution in [0.1, 0.15) is 58.3 Å². The zero-order valence-electron chi connectivity index (χ0n) is 12.8. The molecule has 3 atom stereocenters. The summed E-state index contributed by atoms with van der Waals surface area (Å²) in [6.45, 7) is 3.39. The highest BCUT2D eigenvalue weighted by molar-refractivity contribution is 7.99. The number of hydrogen-bond donors (Lipinski definition) is 2. The van der Waals surface area contributed by atoms with Crippen LogP contribution in [0, 0.1) is 11.3 Å². The lowest BCUT2D eigenvalue weighted by Crippen LogP contribution is -2.56. The van der Waals surface area contributed by atoms with Crippen LogP contribution in [0.15, 0.2) is 0 Å². The predicted octanol–water partition coefficient (Wildman–Crippen LogP) is 3.09. The summed E-state index contributed by atoms with van der Waals surface area (Å²) < 4.78 is 6.18. The molecule has 2 heterocycles. The standard InChI is InChI=1S/C16H30N2OS/c1-15(6-3-2-4-7-15)14(18-17)13-5-9-19-16(11-13)8-10-20-12-16/h13-14,18H,2-12,17H2,1H3. The van der Waals surface area contributed by atoms with E-state index in [9.17, 15) is 0 Å². The van der Waals surface area contributed by atoms with Crippen molar-refractivity contribution in [1.29, 1.82) is 0 Å². The van der Waals surface area contributed by atoms with Crippen molar-refractivity contribution in [3.8, 4) is 0 Å². The SMILES string of the molecule is CC1(C(NN)C2CCOC3(CCSC3)C2)CCCCC1. The molecule has 2 aliphatic heterocycles. The molecule has 116 valence electrons. The number of thioether (sulfide) groups is 1. The summed E-state index contributed by atoms with van der Waals surface area (Å²) in [7, 11) is 0. The van der Waals surface area contributed by atoms with Crippen molar-refractivity contribution >= 4 is 11.8 Å². The van der Waals surface area contributed by atoms with E-state index in [2.05, 4.69) is 24.1 Å². The number of nitrogens with two attached hydrogens (primary N) is 1. The van der Waals surface area contributed by atoms with Gasteiger partial charge in [-0.3, -0.25) is 11.3 Å². The normalized spacial score (nSPS) is 39.0. The van der Waals surface area contributed by atoms with Crippen molar-refractivity contribution in [2.45, 2.75) is 69.9 Å². The van der Waals surface area contributed by atoms with Crippen molar-refractivity contribution < 1.29 is 4.74 Å².